The second-order valence-corrected chi connectivity index (χ2v) is 14.1. The fourth-order valence-corrected chi connectivity index (χ4v) is 9.10. The van der Waals surface area contributed by atoms with E-state index >= 15 is 0 Å². The number of fused-ring (bicyclic) bond motifs is 9. The first-order chi connectivity index (χ1) is 26.3. The molecule has 246 valence electrons. The van der Waals surface area contributed by atoms with Crippen LogP contribution >= 0.6 is 0 Å². The highest BCUT2D eigenvalue weighted by atomic mass is 14.8. The number of rotatable bonds is 4. The maximum Gasteiger partial charge on any atom is 0.0972 e. The molecule has 2 aromatic heterocycles. The van der Waals surface area contributed by atoms with Crippen molar-refractivity contribution in [1.82, 2.24) is 9.97 Å². The molecule has 0 aliphatic heterocycles. The Morgan fingerprint density at radius 3 is 1.79 bits per heavy atom. The highest BCUT2D eigenvalue weighted by molar-refractivity contribution is 6.08. The van der Waals surface area contributed by atoms with E-state index in [-0.39, 0.29) is 0 Å². The molecule has 0 unspecified atom stereocenters. The van der Waals surface area contributed by atoms with Gasteiger partial charge in [0.25, 0.3) is 0 Å². The van der Waals surface area contributed by atoms with Crippen LogP contribution in [0.25, 0.3) is 76.9 Å². The third-order valence-corrected chi connectivity index (χ3v) is 11.4. The minimum Gasteiger partial charge on any atom is -0.254 e. The molecule has 10 aromatic rings. The number of pyridine rings is 2. The van der Waals surface area contributed by atoms with Crippen molar-refractivity contribution in [3.8, 4) is 33.5 Å². The van der Waals surface area contributed by atoms with Crippen LogP contribution in [0.3, 0.4) is 0 Å². The predicted molar refractivity (Wildman–Crippen MR) is 220 cm³/mol. The van der Waals surface area contributed by atoms with Gasteiger partial charge in [-0.25, -0.2) is 4.98 Å². The summed E-state index contributed by atoms with van der Waals surface area (Å²) in [5.74, 6) is 0. The molecule has 1 aliphatic rings. The summed E-state index contributed by atoms with van der Waals surface area (Å²) in [4.78, 5) is 9.92. The Morgan fingerprint density at radius 2 is 1.00 bits per heavy atom. The molecule has 2 nitrogen and oxygen atoms in total. The molecule has 0 N–H and O–H groups in total. The predicted octanol–water partition coefficient (Wildman–Crippen LogP) is 12.8. The van der Waals surface area contributed by atoms with Crippen molar-refractivity contribution in [2.75, 3.05) is 0 Å². The Hall–Kier alpha value is -6.90. The van der Waals surface area contributed by atoms with Crippen LogP contribution in [0.2, 0.25) is 0 Å². The van der Waals surface area contributed by atoms with Gasteiger partial charge in [0.2, 0.25) is 0 Å². The summed E-state index contributed by atoms with van der Waals surface area (Å²) < 4.78 is 0. The molecule has 0 saturated heterocycles. The molecule has 0 radical (unpaired) electrons. The third-order valence-electron chi connectivity index (χ3n) is 11.4. The fourth-order valence-electron chi connectivity index (χ4n) is 9.10. The van der Waals surface area contributed by atoms with Crippen LogP contribution in [0.4, 0.5) is 0 Å². The van der Waals surface area contributed by atoms with Gasteiger partial charge < -0.3 is 0 Å². The molecule has 0 saturated carbocycles. The summed E-state index contributed by atoms with van der Waals surface area (Å²) in [5, 5.41) is 7.09. The molecular formula is C51H32N2. The zero-order valence-corrected chi connectivity index (χ0v) is 28.9. The summed E-state index contributed by atoms with van der Waals surface area (Å²) >= 11 is 0. The molecule has 1 aliphatic carbocycles. The van der Waals surface area contributed by atoms with Crippen molar-refractivity contribution in [1.29, 1.82) is 0 Å². The lowest BCUT2D eigenvalue weighted by Crippen LogP contribution is -2.28. The van der Waals surface area contributed by atoms with Crippen LogP contribution in [0, 0.1) is 0 Å². The second kappa shape index (κ2) is 11.6. The first-order valence-corrected chi connectivity index (χ1v) is 18.2. The molecule has 2 heteroatoms. The van der Waals surface area contributed by atoms with Crippen LogP contribution in [0.15, 0.2) is 194 Å². The van der Waals surface area contributed by atoms with Crippen LogP contribution in [-0.4, -0.2) is 9.97 Å². The van der Waals surface area contributed by atoms with E-state index in [1.807, 2.05) is 12.3 Å². The van der Waals surface area contributed by atoms with Crippen molar-refractivity contribution >= 4 is 43.4 Å². The van der Waals surface area contributed by atoms with Gasteiger partial charge in [-0.15, -0.1) is 0 Å². The van der Waals surface area contributed by atoms with Gasteiger partial charge in [-0.2, -0.15) is 0 Å². The van der Waals surface area contributed by atoms with E-state index in [2.05, 4.69) is 182 Å². The molecule has 11 rings (SSSR count). The lowest BCUT2D eigenvalue weighted by Gasteiger charge is -2.34. The quantitative estimate of drug-likeness (QED) is 0.174. The molecule has 0 bridgehead atoms. The lowest BCUT2D eigenvalue weighted by molar-refractivity contribution is 0.775. The summed E-state index contributed by atoms with van der Waals surface area (Å²) in [6.07, 6.45) is 1.85. The van der Waals surface area contributed by atoms with Crippen LogP contribution in [0.1, 0.15) is 22.3 Å². The summed E-state index contributed by atoms with van der Waals surface area (Å²) in [7, 11) is 0. The maximum absolute atomic E-state index is 5.22. The van der Waals surface area contributed by atoms with Crippen molar-refractivity contribution in [2.45, 2.75) is 5.41 Å². The third kappa shape index (κ3) is 4.33. The Balaban J connectivity index is 1.11. The van der Waals surface area contributed by atoms with E-state index in [1.54, 1.807) is 0 Å². The standard InChI is InChI=1S/C51H32N2/c1-3-13-37(14-4-1)51(38-15-5-2-6-16-38)46-20-10-9-19-43(46)45-27-24-36-32-35(23-26-40(36)48(45)51)39-28-29-44(42-18-8-7-17-41(39)42)47-30-25-34-22-21-33-12-11-31-52-49(33)50(34)53-47/h1-32H. The van der Waals surface area contributed by atoms with Crippen molar-refractivity contribution in [2.24, 2.45) is 0 Å². The minimum atomic E-state index is -0.447. The average molecular weight is 673 g/mol. The number of aromatic nitrogens is 2. The highest BCUT2D eigenvalue weighted by Gasteiger charge is 2.46. The van der Waals surface area contributed by atoms with E-state index < -0.39 is 5.41 Å². The molecule has 53 heavy (non-hydrogen) atoms. The molecule has 0 amide bonds. The van der Waals surface area contributed by atoms with E-state index in [9.17, 15) is 0 Å². The second-order valence-electron chi connectivity index (χ2n) is 14.1. The molecule has 8 aromatic carbocycles. The van der Waals surface area contributed by atoms with Gasteiger partial charge in [-0.3, -0.25) is 4.98 Å². The van der Waals surface area contributed by atoms with Crippen molar-refractivity contribution in [3.63, 3.8) is 0 Å². The Labute approximate surface area is 307 Å². The Kier molecular flexibility index (Phi) is 6.50. The zero-order valence-electron chi connectivity index (χ0n) is 28.9. The fraction of sp³-hybridized carbons (Fsp3) is 0.0196. The number of hydrogen-bond acceptors (Lipinski definition) is 2. The number of nitrogens with zero attached hydrogens (tertiary/aromatic N) is 2. The largest absolute Gasteiger partial charge is 0.254 e. The molecule has 2 heterocycles. The van der Waals surface area contributed by atoms with Crippen LogP contribution in [0.5, 0.6) is 0 Å². The lowest BCUT2D eigenvalue weighted by atomic mass is 9.66. The molecule has 0 spiro atoms. The van der Waals surface area contributed by atoms with E-state index in [1.165, 1.54) is 66.1 Å². The topological polar surface area (TPSA) is 25.8 Å². The smallest absolute Gasteiger partial charge is 0.0972 e. The number of hydrogen-bond donors (Lipinski definition) is 0. The molecule has 0 fully saturated rings. The number of benzene rings is 8. The molecule has 0 atom stereocenters. The van der Waals surface area contributed by atoms with Crippen LogP contribution < -0.4 is 0 Å². The van der Waals surface area contributed by atoms with Gasteiger partial charge in [-0.05, 0) is 84.3 Å². The van der Waals surface area contributed by atoms with Crippen molar-refractivity contribution in [3.05, 3.63) is 217 Å². The Morgan fingerprint density at radius 1 is 0.377 bits per heavy atom. The Bertz CT molecular complexity index is 3020. The first kappa shape index (κ1) is 29.8. The molecular weight excluding hydrogens is 641 g/mol. The summed E-state index contributed by atoms with van der Waals surface area (Å²) in [6, 6.07) is 68.7. The van der Waals surface area contributed by atoms with Crippen LogP contribution in [-0.2, 0) is 5.41 Å². The first-order valence-electron chi connectivity index (χ1n) is 18.2. The normalized spacial score (nSPS) is 13.1. The summed E-state index contributed by atoms with van der Waals surface area (Å²) in [5.41, 5.74) is 13.7. The average Bonchev–Trinajstić information content (AvgIpc) is 3.55. The summed E-state index contributed by atoms with van der Waals surface area (Å²) in [6.45, 7) is 0. The van der Waals surface area contributed by atoms with Gasteiger partial charge in [0.15, 0.2) is 0 Å². The minimum absolute atomic E-state index is 0.447. The van der Waals surface area contributed by atoms with Gasteiger partial charge in [0.1, 0.15) is 0 Å². The van der Waals surface area contributed by atoms with Gasteiger partial charge in [0, 0.05) is 22.5 Å². The van der Waals surface area contributed by atoms with E-state index in [0.29, 0.717) is 0 Å². The van der Waals surface area contributed by atoms with Gasteiger partial charge in [0.05, 0.1) is 22.1 Å². The monoisotopic (exact) mass is 672 g/mol. The van der Waals surface area contributed by atoms with E-state index in [0.717, 1.165) is 33.1 Å². The zero-order chi connectivity index (χ0) is 34.9. The highest BCUT2D eigenvalue weighted by Crippen LogP contribution is 2.58. The maximum atomic E-state index is 5.22. The van der Waals surface area contributed by atoms with Crippen molar-refractivity contribution < 1.29 is 0 Å². The SMILES string of the molecule is c1ccc(C2(c3ccccc3)c3ccccc3-c3ccc4cc(-c5ccc(-c6ccc7ccc8cccnc8c7n6)c6ccccc56)ccc4c32)cc1. The van der Waals surface area contributed by atoms with E-state index in [4.69, 9.17) is 9.97 Å². The van der Waals surface area contributed by atoms with Gasteiger partial charge >= 0.3 is 0 Å². The van der Waals surface area contributed by atoms with Gasteiger partial charge in [-0.1, -0.05) is 170 Å².